The van der Waals surface area contributed by atoms with Crippen LogP contribution < -0.4 is 10.9 Å². The van der Waals surface area contributed by atoms with Gasteiger partial charge in [0.25, 0.3) is 11.5 Å². The van der Waals surface area contributed by atoms with Crippen molar-refractivity contribution >= 4 is 28.3 Å². The molecule has 34 heavy (non-hydrogen) atoms. The monoisotopic (exact) mass is 460 g/mol. The number of benzene rings is 1. The minimum atomic E-state index is -0.230. The molecule has 0 bridgehead atoms. The van der Waals surface area contributed by atoms with Crippen LogP contribution in [0.2, 0.25) is 0 Å². The highest BCUT2D eigenvalue weighted by molar-refractivity contribution is 5.96. The van der Waals surface area contributed by atoms with Crippen molar-refractivity contribution in [1.82, 2.24) is 19.7 Å². The number of ether oxygens (including phenoxy) is 1. The van der Waals surface area contributed by atoms with Gasteiger partial charge in [0.1, 0.15) is 5.39 Å². The molecule has 2 aromatic heterocycles. The Balaban J connectivity index is 1.47. The van der Waals surface area contributed by atoms with Gasteiger partial charge in [0, 0.05) is 30.5 Å². The summed E-state index contributed by atoms with van der Waals surface area (Å²) in [5, 5.41) is 18.2. The molecule has 0 radical (unpaired) electrons. The number of nitriles is 1. The highest BCUT2D eigenvalue weighted by atomic mass is 16.5. The van der Waals surface area contributed by atoms with Crippen LogP contribution in [-0.4, -0.2) is 51.9 Å². The molecule has 2 N–H and O–H groups in total. The molecule has 3 aromatic rings. The molecule has 9 heteroatoms. The zero-order valence-corrected chi connectivity index (χ0v) is 19.2. The maximum Gasteiger partial charge on any atom is 0.261 e. The SMILES string of the molecule is Cc1cc(Nc2nn([C@H]3CCCC[C@@H]3C#N)c3cc[nH]c(=O)c23)ccc1C(=O)N1CCOCC1. The van der Waals surface area contributed by atoms with E-state index in [1.807, 2.05) is 40.8 Å². The van der Waals surface area contributed by atoms with Crippen molar-refractivity contribution in [2.24, 2.45) is 5.92 Å². The molecule has 9 nitrogen and oxygen atoms in total. The van der Waals surface area contributed by atoms with Crippen LogP contribution >= 0.6 is 0 Å². The number of hydrogen-bond acceptors (Lipinski definition) is 6. The van der Waals surface area contributed by atoms with Gasteiger partial charge >= 0.3 is 0 Å². The standard InChI is InChI=1S/C25H28N6O3/c1-16-14-18(6-7-19(16)25(33)30-10-12-34-13-11-30)28-23-22-21(8-9-27-24(22)32)31(29-23)20-5-3-2-4-17(20)15-26/h6-9,14,17,20H,2-5,10-13H2,1H3,(H,27,32)(H,28,29)/t17-,20+/m1/s1. The number of amides is 1. The van der Waals surface area contributed by atoms with Gasteiger partial charge < -0.3 is 19.9 Å². The van der Waals surface area contributed by atoms with E-state index in [9.17, 15) is 14.9 Å². The second-order valence-corrected chi connectivity index (χ2v) is 9.01. The molecule has 0 unspecified atom stereocenters. The second-order valence-electron chi connectivity index (χ2n) is 9.01. The molecule has 1 amide bonds. The van der Waals surface area contributed by atoms with Crippen LogP contribution in [0.15, 0.2) is 35.3 Å². The van der Waals surface area contributed by atoms with E-state index >= 15 is 0 Å². The average Bonchev–Trinajstić information content (AvgIpc) is 3.23. The van der Waals surface area contributed by atoms with Gasteiger partial charge in [0.2, 0.25) is 0 Å². The lowest BCUT2D eigenvalue weighted by molar-refractivity contribution is 0.0302. The Morgan fingerprint density at radius 3 is 2.79 bits per heavy atom. The quantitative estimate of drug-likeness (QED) is 0.616. The molecule has 3 heterocycles. The number of carbonyl (C=O) groups is 1. The van der Waals surface area contributed by atoms with Gasteiger partial charge in [-0.25, -0.2) is 0 Å². The third-order valence-corrected chi connectivity index (χ3v) is 6.86. The van der Waals surface area contributed by atoms with Gasteiger partial charge in [-0.3, -0.25) is 14.3 Å². The van der Waals surface area contributed by atoms with Gasteiger partial charge in [-0.05, 0) is 49.6 Å². The largest absolute Gasteiger partial charge is 0.378 e. The van der Waals surface area contributed by atoms with Crippen LogP contribution in [-0.2, 0) is 4.74 Å². The highest BCUT2D eigenvalue weighted by Gasteiger charge is 2.30. The number of aromatic amines is 1. The molecule has 1 saturated carbocycles. The lowest BCUT2D eigenvalue weighted by Gasteiger charge is -2.27. The number of morpholine rings is 1. The summed E-state index contributed by atoms with van der Waals surface area (Å²) < 4.78 is 7.20. The number of anilines is 2. The number of hydrogen-bond donors (Lipinski definition) is 2. The summed E-state index contributed by atoms with van der Waals surface area (Å²) in [7, 11) is 0. The highest BCUT2D eigenvalue weighted by Crippen LogP contribution is 2.36. The zero-order chi connectivity index (χ0) is 23.7. The number of aryl methyl sites for hydroxylation is 1. The molecule has 1 aliphatic heterocycles. The predicted octanol–water partition coefficient (Wildman–Crippen LogP) is 3.50. The van der Waals surface area contributed by atoms with Crippen LogP contribution in [0.25, 0.3) is 10.9 Å². The summed E-state index contributed by atoms with van der Waals surface area (Å²) in [6, 6.07) is 9.75. The Bertz CT molecular complexity index is 1310. The maximum atomic E-state index is 12.9. The third kappa shape index (κ3) is 4.05. The van der Waals surface area contributed by atoms with E-state index in [0.29, 0.717) is 48.6 Å². The topological polar surface area (TPSA) is 116 Å². The number of aromatic nitrogens is 3. The van der Waals surface area contributed by atoms with E-state index in [1.165, 1.54) is 0 Å². The molecule has 2 atom stereocenters. The summed E-state index contributed by atoms with van der Waals surface area (Å²) in [5.41, 5.74) is 2.72. The average molecular weight is 461 g/mol. The van der Waals surface area contributed by atoms with Crippen molar-refractivity contribution in [2.75, 3.05) is 31.6 Å². The maximum absolute atomic E-state index is 12.9. The van der Waals surface area contributed by atoms with E-state index in [-0.39, 0.29) is 23.4 Å². The summed E-state index contributed by atoms with van der Waals surface area (Å²) >= 11 is 0. The lowest BCUT2D eigenvalue weighted by Crippen LogP contribution is -2.40. The summed E-state index contributed by atoms with van der Waals surface area (Å²) in [6.45, 7) is 4.21. The van der Waals surface area contributed by atoms with Crippen molar-refractivity contribution in [3.8, 4) is 6.07 Å². The van der Waals surface area contributed by atoms with Crippen LogP contribution in [0.1, 0.15) is 47.6 Å². The van der Waals surface area contributed by atoms with Crippen molar-refractivity contribution in [3.63, 3.8) is 0 Å². The van der Waals surface area contributed by atoms with Crippen molar-refractivity contribution in [1.29, 1.82) is 5.26 Å². The molecule has 1 saturated heterocycles. The van der Waals surface area contributed by atoms with Crippen LogP contribution in [0, 0.1) is 24.2 Å². The Morgan fingerprint density at radius 1 is 1.24 bits per heavy atom. The fraction of sp³-hybridized carbons (Fsp3) is 0.440. The van der Waals surface area contributed by atoms with E-state index in [1.54, 1.807) is 6.20 Å². The predicted molar refractivity (Wildman–Crippen MR) is 128 cm³/mol. The lowest BCUT2D eigenvalue weighted by atomic mass is 9.85. The van der Waals surface area contributed by atoms with Crippen LogP contribution in [0.3, 0.4) is 0 Å². The Morgan fingerprint density at radius 2 is 2.03 bits per heavy atom. The van der Waals surface area contributed by atoms with Gasteiger partial charge in [-0.2, -0.15) is 10.4 Å². The number of nitrogens with zero attached hydrogens (tertiary/aromatic N) is 4. The number of rotatable bonds is 4. The molecular formula is C25H28N6O3. The Labute approximate surface area is 197 Å². The van der Waals surface area contributed by atoms with Crippen molar-refractivity contribution < 1.29 is 9.53 Å². The van der Waals surface area contributed by atoms with Gasteiger partial charge in [-0.15, -0.1) is 0 Å². The van der Waals surface area contributed by atoms with Crippen LogP contribution in [0.4, 0.5) is 11.5 Å². The zero-order valence-electron chi connectivity index (χ0n) is 19.2. The minimum absolute atomic E-state index is 0.00151. The fourth-order valence-electron chi connectivity index (χ4n) is 5.05. The van der Waals surface area contributed by atoms with Gasteiger partial charge in [-0.1, -0.05) is 12.8 Å². The summed E-state index contributed by atoms with van der Waals surface area (Å²) in [6.07, 6.45) is 5.39. The molecule has 5 rings (SSSR count). The second kappa shape index (κ2) is 9.31. The smallest absolute Gasteiger partial charge is 0.261 e. The molecule has 1 aromatic carbocycles. The normalized spacial score (nSPS) is 20.8. The van der Waals surface area contributed by atoms with E-state index in [4.69, 9.17) is 9.84 Å². The Hall–Kier alpha value is -3.64. The first kappa shape index (κ1) is 22.2. The number of fused-ring (bicyclic) bond motifs is 1. The minimum Gasteiger partial charge on any atom is -0.378 e. The third-order valence-electron chi connectivity index (χ3n) is 6.86. The molecule has 176 valence electrons. The number of pyridine rings is 1. The summed E-state index contributed by atoms with van der Waals surface area (Å²) in [4.78, 5) is 30.2. The van der Waals surface area contributed by atoms with E-state index in [0.717, 1.165) is 36.9 Å². The molecule has 1 aliphatic carbocycles. The fourth-order valence-corrected chi connectivity index (χ4v) is 5.05. The van der Waals surface area contributed by atoms with Gasteiger partial charge in [0.05, 0.1) is 36.8 Å². The van der Waals surface area contributed by atoms with Crippen molar-refractivity contribution in [3.05, 3.63) is 51.9 Å². The molecule has 2 fully saturated rings. The molecular weight excluding hydrogens is 432 g/mol. The first-order valence-corrected chi connectivity index (χ1v) is 11.8. The molecule has 2 aliphatic rings. The number of H-pyrrole nitrogens is 1. The number of nitrogens with one attached hydrogen (secondary N) is 2. The number of carbonyl (C=O) groups excluding carboxylic acids is 1. The Kier molecular flexibility index (Phi) is 6.07. The molecule has 0 spiro atoms. The van der Waals surface area contributed by atoms with Crippen molar-refractivity contribution in [2.45, 2.75) is 38.6 Å². The van der Waals surface area contributed by atoms with Crippen LogP contribution in [0.5, 0.6) is 0 Å². The van der Waals surface area contributed by atoms with Gasteiger partial charge in [0.15, 0.2) is 5.82 Å². The first-order chi connectivity index (χ1) is 16.6. The first-order valence-electron chi connectivity index (χ1n) is 11.8. The van der Waals surface area contributed by atoms with E-state index in [2.05, 4.69) is 16.4 Å². The van der Waals surface area contributed by atoms with E-state index < -0.39 is 0 Å². The summed E-state index contributed by atoms with van der Waals surface area (Å²) in [5.74, 6) is 0.320.